The minimum absolute atomic E-state index is 0.158. The Balaban J connectivity index is 2.37. The number of benzene rings is 2. The highest BCUT2D eigenvalue weighted by molar-refractivity contribution is 14.1. The maximum Gasteiger partial charge on any atom is 0.258 e. The van der Waals surface area contributed by atoms with Gasteiger partial charge in [-0.15, -0.1) is 0 Å². The van der Waals surface area contributed by atoms with Crippen molar-refractivity contribution >= 4 is 34.2 Å². The fourth-order valence-electron chi connectivity index (χ4n) is 1.54. The number of hydrogen-bond acceptors (Lipinski definition) is 2. The number of nitrogens with one attached hydrogen (secondary N) is 1. The lowest BCUT2D eigenvalue weighted by Crippen LogP contribution is -2.15. The van der Waals surface area contributed by atoms with Crippen molar-refractivity contribution in [2.45, 2.75) is 0 Å². The Morgan fingerprint density at radius 1 is 1.10 bits per heavy atom. The van der Waals surface area contributed by atoms with Gasteiger partial charge in [-0.3, -0.25) is 4.79 Å². The molecule has 110 valence electrons. The maximum absolute atomic E-state index is 13.6. The summed E-state index contributed by atoms with van der Waals surface area (Å²) in [5, 5.41) is 11.3. The Morgan fingerprint density at radius 2 is 1.76 bits per heavy atom. The van der Waals surface area contributed by atoms with E-state index in [1.165, 1.54) is 6.07 Å². The Bertz CT molecular complexity index is 737. The molecular weight excluding hydrogens is 405 g/mol. The van der Waals surface area contributed by atoms with Crippen LogP contribution in [0.2, 0.25) is 0 Å². The molecule has 0 unspecified atom stereocenters. The standard InChI is InChI=1S/C13H6F4INO2/c14-5-1-2-9(8(18)3-5)19-13(21)6-4-7(15)11(17)12(20)10(6)16/h1-4,20H,(H,19,21). The van der Waals surface area contributed by atoms with Crippen molar-refractivity contribution < 1.29 is 27.5 Å². The zero-order valence-corrected chi connectivity index (χ0v) is 12.2. The first-order chi connectivity index (χ1) is 9.81. The van der Waals surface area contributed by atoms with Gasteiger partial charge in [-0.2, -0.15) is 4.39 Å². The number of halogens is 5. The van der Waals surface area contributed by atoms with Crippen molar-refractivity contribution in [3.63, 3.8) is 0 Å². The number of hydrogen-bond donors (Lipinski definition) is 2. The van der Waals surface area contributed by atoms with Crippen LogP contribution in [0.15, 0.2) is 24.3 Å². The van der Waals surface area contributed by atoms with E-state index in [-0.39, 0.29) is 5.69 Å². The summed E-state index contributed by atoms with van der Waals surface area (Å²) in [6, 6.07) is 3.74. The quantitative estimate of drug-likeness (QED) is 0.449. The largest absolute Gasteiger partial charge is 0.503 e. The van der Waals surface area contributed by atoms with Crippen molar-refractivity contribution in [3.8, 4) is 5.75 Å². The van der Waals surface area contributed by atoms with Gasteiger partial charge < -0.3 is 10.4 Å². The van der Waals surface area contributed by atoms with Crippen molar-refractivity contribution in [3.05, 3.63) is 56.7 Å². The maximum atomic E-state index is 13.6. The van der Waals surface area contributed by atoms with E-state index < -0.39 is 40.5 Å². The van der Waals surface area contributed by atoms with Crippen LogP contribution in [-0.4, -0.2) is 11.0 Å². The lowest BCUT2D eigenvalue weighted by atomic mass is 10.1. The molecule has 0 saturated carbocycles. The molecule has 0 heterocycles. The van der Waals surface area contributed by atoms with Crippen LogP contribution in [0, 0.1) is 26.8 Å². The Labute approximate surface area is 129 Å². The number of aromatic hydroxyl groups is 1. The fourth-order valence-corrected chi connectivity index (χ4v) is 2.15. The van der Waals surface area contributed by atoms with Gasteiger partial charge in [0.1, 0.15) is 5.82 Å². The highest BCUT2D eigenvalue weighted by atomic mass is 127. The molecule has 3 nitrogen and oxygen atoms in total. The van der Waals surface area contributed by atoms with Gasteiger partial charge in [-0.25, -0.2) is 13.2 Å². The van der Waals surface area contributed by atoms with Crippen LogP contribution in [-0.2, 0) is 0 Å². The molecular formula is C13H6F4INO2. The number of phenolic OH excluding ortho intramolecular Hbond substituents is 1. The lowest BCUT2D eigenvalue weighted by Gasteiger charge is -2.09. The SMILES string of the molecule is O=C(Nc1ccc(F)cc1I)c1cc(F)c(F)c(O)c1F. The lowest BCUT2D eigenvalue weighted by molar-refractivity contribution is 0.102. The zero-order chi connectivity index (χ0) is 15.7. The van der Waals surface area contributed by atoms with Gasteiger partial charge in [-0.1, -0.05) is 0 Å². The van der Waals surface area contributed by atoms with Crippen LogP contribution in [0.1, 0.15) is 10.4 Å². The first-order valence-electron chi connectivity index (χ1n) is 5.44. The number of carbonyl (C=O) groups excluding carboxylic acids is 1. The van der Waals surface area contributed by atoms with Gasteiger partial charge in [0.15, 0.2) is 17.4 Å². The van der Waals surface area contributed by atoms with Gasteiger partial charge in [0.2, 0.25) is 5.82 Å². The summed E-state index contributed by atoms with van der Waals surface area (Å²) in [6.45, 7) is 0. The molecule has 2 aromatic carbocycles. The Kier molecular flexibility index (Phi) is 4.35. The second kappa shape index (κ2) is 5.88. The van der Waals surface area contributed by atoms with Crippen molar-refractivity contribution in [2.24, 2.45) is 0 Å². The van der Waals surface area contributed by atoms with E-state index in [2.05, 4.69) is 5.32 Å². The Morgan fingerprint density at radius 3 is 2.38 bits per heavy atom. The first-order valence-corrected chi connectivity index (χ1v) is 6.52. The normalized spacial score (nSPS) is 10.5. The molecule has 0 spiro atoms. The number of rotatable bonds is 2. The van der Waals surface area contributed by atoms with Gasteiger partial charge in [-0.05, 0) is 46.9 Å². The highest BCUT2D eigenvalue weighted by Crippen LogP contribution is 2.27. The smallest absolute Gasteiger partial charge is 0.258 e. The van der Waals surface area contributed by atoms with E-state index in [0.717, 1.165) is 12.1 Å². The summed E-state index contributed by atoms with van der Waals surface area (Å²) in [5.41, 5.74) is -0.711. The summed E-state index contributed by atoms with van der Waals surface area (Å²) in [5.74, 6) is -8.13. The average molecular weight is 411 g/mol. The van der Waals surface area contributed by atoms with Gasteiger partial charge >= 0.3 is 0 Å². The monoisotopic (exact) mass is 411 g/mol. The molecule has 21 heavy (non-hydrogen) atoms. The molecule has 1 amide bonds. The van der Waals surface area contributed by atoms with Crippen LogP contribution in [0.4, 0.5) is 23.2 Å². The molecule has 0 aromatic heterocycles. The van der Waals surface area contributed by atoms with Gasteiger partial charge in [0.05, 0.1) is 11.3 Å². The molecule has 0 aliphatic rings. The number of anilines is 1. The molecule has 8 heteroatoms. The van der Waals surface area contributed by atoms with Crippen molar-refractivity contribution in [2.75, 3.05) is 5.32 Å². The van der Waals surface area contributed by atoms with Crippen LogP contribution in [0.5, 0.6) is 5.75 Å². The minimum atomic E-state index is -1.78. The third-order valence-electron chi connectivity index (χ3n) is 2.56. The summed E-state index contributed by atoms with van der Waals surface area (Å²) < 4.78 is 52.9. The van der Waals surface area contributed by atoms with Crippen molar-refractivity contribution in [1.29, 1.82) is 0 Å². The summed E-state index contributed by atoms with van der Waals surface area (Å²) in [7, 11) is 0. The number of carbonyl (C=O) groups is 1. The minimum Gasteiger partial charge on any atom is -0.503 e. The molecule has 0 saturated heterocycles. The topological polar surface area (TPSA) is 49.3 Å². The third kappa shape index (κ3) is 3.09. The van der Waals surface area contributed by atoms with Gasteiger partial charge in [0, 0.05) is 3.57 Å². The van der Waals surface area contributed by atoms with Crippen LogP contribution in [0.25, 0.3) is 0 Å². The van der Waals surface area contributed by atoms with E-state index in [0.29, 0.717) is 9.64 Å². The molecule has 2 rings (SSSR count). The average Bonchev–Trinajstić information content (AvgIpc) is 2.43. The summed E-state index contributed by atoms with van der Waals surface area (Å²) >= 11 is 1.73. The molecule has 0 aliphatic heterocycles. The molecule has 0 aliphatic carbocycles. The van der Waals surface area contributed by atoms with E-state index in [4.69, 9.17) is 5.11 Å². The van der Waals surface area contributed by atoms with E-state index in [9.17, 15) is 22.4 Å². The molecule has 0 fully saturated rings. The second-order valence-corrected chi connectivity index (χ2v) is 5.12. The predicted molar refractivity (Wildman–Crippen MR) is 75.1 cm³/mol. The van der Waals surface area contributed by atoms with Crippen LogP contribution < -0.4 is 5.32 Å². The van der Waals surface area contributed by atoms with Crippen LogP contribution in [0.3, 0.4) is 0 Å². The zero-order valence-electron chi connectivity index (χ0n) is 10.1. The van der Waals surface area contributed by atoms with E-state index >= 15 is 0 Å². The molecule has 0 atom stereocenters. The second-order valence-electron chi connectivity index (χ2n) is 3.96. The summed E-state index contributed by atoms with van der Waals surface area (Å²) in [4.78, 5) is 11.8. The highest BCUT2D eigenvalue weighted by Gasteiger charge is 2.22. The molecule has 2 aromatic rings. The number of amides is 1. The first kappa shape index (κ1) is 15.5. The van der Waals surface area contributed by atoms with Crippen LogP contribution >= 0.6 is 22.6 Å². The fraction of sp³-hybridized carbons (Fsp3) is 0. The predicted octanol–water partition coefficient (Wildman–Crippen LogP) is 3.81. The number of phenols is 1. The molecule has 0 radical (unpaired) electrons. The molecule has 0 bridgehead atoms. The van der Waals surface area contributed by atoms with E-state index in [1.54, 1.807) is 22.6 Å². The molecule has 2 N–H and O–H groups in total. The van der Waals surface area contributed by atoms with Gasteiger partial charge in [0.25, 0.3) is 5.91 Å². The summed E-state index contributed by atoms with van der Waals surface area (Å²) in [6.07, 6.45) is 0. The Hall–Kier alpha value is -1.84. The third-order valence-corrected chi connectivity index (χ3v) is 3.45. The van der Waals surface area contributed by atoms with Crippen molar-refractivity contribution in [1.82, 2.24) is 0 Å². The van der Waals surface area contributed by atoms with E-state index in [1.807, 2.05) is 0 Å².